The molecule has 0 aliphatic rings. The molecule has 8 aromatic rings. The van der Waals surface area contributed by atoms with Gasteiger partial charge in [-0.15, -0.1) is 0 Å². The Bertz CT molecular complexity index is 2800. The van der Waals surface area contributed by atoms with E-state index in [4.69, 9.17) is 30.7 Å². The highest BCUT2D eigenvalue weighted by Crippen LogP contribution is 2.38. The monoisotopic (exact) mass is 842 g/mol. The second kappa shape index (κ2) is 17.6. The summed E-state index contributed by atoms with van der Waals surface area (Å²) in [5.74, 6) is 2.05. The number of alkyl halides is 3. The van der Waals surface area contributed by atoms with Crippen LogP contribution in [0.4, 0.5) is 24.8 Å². The molecule has 4 aromatic heterocycles. The van der Waals surface area contributed by atoms with Crippen LogP contribution in [0.2, 0.25) is 0 Å². The molecule has 12 nitrogen and oxygen atoms in total. The summed E-state index contributed by atoms with van der Waals surface area (Å²) in [4.78, 5) is 28.3. The quantitative estimate of drug-likeness (QED) is 0.0580. The lowest BCUT2D eigenvalue weighted by Gasteiger charge is -2.22. The fourth-order valence-electron chi connectivity index (χ4n) is 7.30. The van der Waals surface area contributed by atoms with Crippen molar-refractivity contribution in [2.24, 2.45) is 0 Å². The van der Waals surface area contributed by atoms with Crippen LogP contribution in [0, 0.1) is 0 Å². The highest BCUT2D eigenvalue weighted by molar-refractivity contribution is 6.01. The molecular formula is C47H45F3N8O4. The lowest BCUT2D eigenvalue weighted by atomic mass is 10.0. The van der Waals surface area contributed by atoms with Crippen molar-refractivity contribution >= 4 is 33.7 Å². The van der Waals surface area contributed by atoms with E-state index in [-0.39, 0.29) is 37.5 Å². The number of rotatable bonds is 15. The zero-order chi connectivity index (χ0) is 43.5. The summed E-state index contributed by atoms with van der Waals surface area (Å²) >= 11 is 0. The van der Waals surface area contributed by atoms with Crippen LogP contribution in [0.3, 0.4) is 0 Å². The normalized spacial score (nSPS) is 12.5. The van der Waals surface area contributed by atoms with Gasteiger partial charge in [0.1, 0.15) is 66.0 Å². The van der Waals surface area contributed by atoms with Gasteiger partial charge >= 0.3 is 6.18 Å². The molecule has 15 heteroatoms. The van der Waals surface area contributed by atoms with E-state index in [9.17, 15) is 13.2 Å². The number of fused-ring (bicyclic) bond motifs is 2. The minimum absolute atomic E-state index is 0.0761. The van der Waals surface area contributed by atoms with Crippen molar-refractivity contribution in [2.45, 2.75) is 71.7 Å². The van der Waals surface area contributed by atoms with Crippen molar-refractivity contribution in [1.82, 2.24) is 29.1 Å². The fourth-order valence-corrected chi connectivity index (χ4v) is 7.30. The van der Waals surface area contributed by atoms with Crippen LogP contribution < -0.4 is 20.9 Å². The molecule has 0 saturated heterocycles. The molecule has 0 saturated carbocycles. The maximum Gasteiger partial charge on any atom is 0.425 e. The van der Waals surface area contributed by atoms with E-state index in [1.807, 2.05) is 79.3 Å². The number of hydrogen-bond acceptors (Lipinski definition) is 10. The molecule has 4 aromatic carbocycles. The van der Waals surface area contributed by atoms with Crippen LogP contribution in [0.15, 0.2) is 122 Å². The Labute approximate surface area is 355 Å². The first-order chi connectivity index (χ1) is 29.8. The smallest absolute Gasteiger partial charge is 0.425 e. The maximum absolute atomic E-state index is 14.3. The van der Waals surface area contributed by atoms with Crippen molar-refractivity contribution < 1.29 is 32.4 Å². The van der Waals surface area contributed by atoms with Gasteiger partial charge in [0.2, 0.25) is 0 Å². The molecule has 62 heavy (non-hydrogen) atoms. The van der Waals surface area contributed by atoms with Crippen LogP contribution >= 0.6 is 0 Å². The summed E-state index contributed by atoms with van der Waals surface area (Å²) < 4.78 is 58.6. The van der Waals surface area contributed by atoms with E-state index in [0.717, 1.165) is 38.9 Å². The minimum Gasteiger partial charge on any atom is -0.481 e. The van der Waals surface area contributed by atoms with Gasteiger partial charge in [-0.05, 0) is 80.3 Å². The van der Waals surface area contributed by atoms with Crippen molar-refractivity contribution in [2.75, 3.05) is 11.5 Å². The van der Waals surface area contributed by atoms with Crippen LogP contribution in [-0.4, -0.2) is 41.4 Å². The summed E-state index contributed by atoms with van der Waals surface area (Å²) in [6.45, 7) is 8.39. The van der Waals surface area contributed by atoms with Crippen LogP contribution in [0.5, 0.6) is 17.2 Å². The van der Waals surface area contributed by atoms with Crippen molar-refractivity contribution in [3.8, 4) is 39.5 Å². The van der Waals surface area contributed by atoms with Gasteiger partial charge in [-0.2, -0.15) is 13.2 Å². The average molecular weight is 843 g/mol. The molecule has 4 heterocycles. The lowest BCUT2D eigenvalue weighted by Crippen LogP contribution is -2.36. The van der Waals surface area contributed by atoms with Gasteiger partial charge in [-0.25, -0.2) is 29.7 Å². The number of nitrogens with two attached hydrogens (primary N) is 2. The van der Waals surface area contributed by atoms with Gasteiger partial charge in [0.25, 0.3) is 0 Å². The van der Waals surface area contributed by atoms with E-state index >= 15 is 0 Å². The summed E-state index contributed by atoms with van der Waals surface area (Å²) in [5, 5.41) is 1.49. The van der Waals surface area contributed by atoms with E-state index < -0.39 is 12.3 Å². The van der Waals surface area contributed by atoms with Gasteiger partial charge in [0.15, 0.2) is 6.10 Å². The van der Waals surface area contributed by atoms with E-state index in [1.165, 1.54) is 24.8 Å². The highest BCUT2D eigenvalue weighted by Gasteiger charge is 2.42. The van der Waals surface area contributed by atoms with E-state index in [1.54, 1.807) is 36.4 Å². The molecule has 8 rings (SSSR count). The second-order valence-corrected chi connectivity index (χ2v) is 15.5. The second-order valence-electron chi connectivity index (χ2n) is 15.5. The third-order valence-electron chi connectivity index (χ3n) is 10.5. The summed E-state index contributed by atoms with van der Waals surface area (Å²) in [6, 6.07) is 28.5. The number of ether oxygens (including phenoxy) is 2. The largest absolute Gasteiger partial charge is 0.481 e. The molecule has 0 radical (unpaired) electrons. The SMILES string of the molecule is CC(C)n1cc(-c2ccc(Oc3ccccc3COOCc3ccc(CC(Oc4ccc(-c5cn(C(C)C)c6ncnc(N)c56)cc4)C(F)(F)F)cc3)cc2)c2c(N)ncnc21. The highest BCUT2D eigenvalue weighted by atomic mass is 19.4. The van der Waals surface area contributed by atoms with Crippen molar-refractivity contribution in [1.29, 1.82) is 0 Å². The maximum atomic E-state index is 14.3. The molecule has 0 spiro atoms. The van der Waals surface area contributed by atoms with Crippen LogP contribution in [-0.2, 0) is 29.4 Å². The molecular weight excluding hydrogens is 798 g/mol. The molecule has 0 aliphatic carbocycles. The van der Waals surface area contributed by atoms with E-state index in [2.05, 4.69) is 38.4 Å². The number of aromatic nitrogens is 6. The zero-order valence-corrected chi connectivity index (χ0v) is 34.5. The Balaban J connectivity index is 0.855. The average Bonchev–Trinajstić information content (AvgIpc) is 3.85. The van der Waals surface area contributed by atoms with Crippen molar-refractivity contribution in [3.05, 3.63) is 139 Å². The summed E-state index contributed by atoms with van der Waals surface area (Å²) in [5.41, 5.74) is 19.3. The van der Waals surface area contributed by atoms with Crippen LogP contribution in [0.25, 0.3) is 44.3 Å². The predicted octanol–water partition coefficient (Wildman–Crippen LogP) is 10.8. The lowest BCUT2D eigenvalue weighted by molar-refractivity contribution is -0.313. The Morgan fingerprint density at radius 1 is 0.597 bits per heavy atom. The first-order valence-electron chi connectivity index (χ1n) is 20.1. The molecule has 1 atom stereocenters. The molecule has 0 aliphatic heterocycles. The number of nitrogen functional groups attached to an aromatic ring is 2. The van der Waals surface area contributed by atoms with E-state index in [0.29, 0.717) is 45.3 Å². The topological polar surface area (TPSA) is 150 Å². The first-order valence-corrected chi connectivity index (χ1v) is 20.1. The summed E-state index contributed by atoms with van der Waals surface area (Å²) in [7, 11) is 0. The predicted molar refractivity (Wildman–Crippen MR) is 232 cm³/mol. The van der Waals surface area contributed by atoms with Crippen LogP contribution in [0.1, 0.15) is 56.5 Å². The third kappa shape index (κ3) is 8.90. The Hall–Kier alpha value is -6.97. The Kier molecular flexibility index (Phi) is 11.8. The number of benzene rings is 4. The minimum atomic E-state index is -4.62. The summed E-state index contributed by atoms with van der Waals surface area (Å²) in [6.07, 6.45) is -0.217. The number of para-hydroxylation sites is 1. The molecule has 0 fully saturated rings. The van der Waals surface area contributed by atoms with Gasteiger partial charge in [-0.3, -0.25) is 0 Å². The Morgan fingerprint density at radius 2 is 1.10 bits per heavy atom. The van der Waals surface area contributed by atoms with Gasteiger partial charge < -0.3 is 30.1 Å². The number of halogens is 3. The third-order valence-corrected chi connectivity index (χ3v) is 10.5. The molecule has 1 unspecified atom stereocenters. The number of anilines is 2. The zero-order valence-electron chi connectivity index (χ0n) is 34.5. The first kappa shape index (κ1) is 41.8. The number of hydrogen-bond donors (Lipinski definition) is 2. The van der Waals surface area contributed by atoms with Gasteiger partial charge in [0.05, 0.1) is 10.8 Å². The number of nitrogens with zero attached hydrogens (tertiary/aromatic N) is 6. The fraction of sp³-hybridized carbons (Fsp3) is 0.234. The molecule has 4 N–H and O–H groups in total. The van der Waals surface area contributed by atoms with Crippen molar-refractivity contribution in [3.63, 3.8) is 0 Å². The Morgan fingerprint density at radius 3 is 1.63 bits per heavy atom. The van der Waals surface area contributed by atoms with Gasteiger partial charge in [-0.1, -0.05) is 66.7 Å². The molecule has 0 bridgehead atoms. The molecule has 318 valence electrons. The van der Waals surface area contributed by atoms with Gasteiger partial charge in [0, 0.05) is 47.6 Å². The standard InChI is InChI=1S/C47H45F3N8O4/c1-28(2)57-22-37(41-43(51)53-26-55-45(41)57)32-13-17-35(18-14-32)61-39-8-6-5-7-34(39)25-60-59-24-31-11-9-30(10-12-31)21-40(47(48,49)50)62-36-19-15-33(16-20-36)38-23-58(29(3)4)46-42(38)44(52)54-27-56-46/h5-20,22-23,26-29,40H,21,24-25H2,1-4H3,(H2,51,53,55)(H2,52,54,56). The molecule has 0 amide bonds.